The minimum absolute atomic E-state index is 0.367. The Labute approximate surface area is 250 Å². The first-order chi connectivity index (χ1) is 20.2. The summed E-state index contributed by atoms with van der Waals surface area (Å²) in [4.78, 5) is 18.4. The molecule has 0 aliphatic heterocycles. The third-order valence-corrected chi connectivity index (χ3v) is 7.65. The van der Waals surface area contributed by atoms with E-state index in [1.165, 1.54) is 33.4 Å². The number of pyridine rings is 2. The van der Waals surface area contributed by atoms with Gasteiger partial charge in [-0.2, -0.15) is 0 Å². The molecule has 0 atom stereocenters. The van der Waals surface area contributed by atoms with Gasteiger partial charge in [-0.15, -0.1) is 0 Å². The molecule has 0 aliphatic carbocycles. The van der Waals surface area contributed by atoms with Crippen LogP contribution in [0.5, 0.6) is 0 Å². The highest BCUT2D eigenvalue weighted by molar-refractivity contribution is 5.91. The van der Waals surface area contributed by atoms with Crippen LogP contribution in [0.2, 0.25) is 0 Å². The van der Waals surface area contributed by atoms with Gasteiger partial charge in [0, 0.05) is 12.4 Å². The summed E-state index contributed by atoms with van der Waals surface area (Å²) < 4.78 is 0. The van der Waals surface area contributed by atoms with Gasteiger partial charge >= 0.3 is 0 Å². The van der Waals surface area contributed by atoms with E-state index in [2.05, 4.69) is 94.8 Å². The molecule has 5 rings (SSSR count). The number of nitrogens with zero attached hydrogens (tertiary/aromatic N) is 4. The highest BCUT2D eigenvalue weighted by Gasteiger charge is 2.20. The van der Waals surface area contributed by atoms with E-state index >= 15 is 0 Å². The zero-order valence-electron chi connectivity index (χ0n) is 25.6. The van der Waals surface area contributed by atoms with E-state index < -0.39 is 0 Å². The molecular formula is C38H38N4. The summed E-state index contributed by atoms with van der Waals surface area (Å²) in [7, 11) is 0. The Morgan fingerprint density at radius 1 is 0.548 bits per heavy atom. The number of aromatic nitrogens is 2. The van der Waals surface area contributed by atoms with Gasteiger partial charge in [0.1, 0.15) is 0 Å². The second-order valence-electron chi connectivity index (χ2n) is 11.3. The average molecular weight is 551 g/mol. The van der Waals surface area contributed by atoms with Crippen molar-refractivity contribution in [3.63, 3.8) is 0 Å². The van der Waals surface area contributed by atoms with Gasteiger partial charge in [-0.05, 0) is 145 Å². The van der Waals surface area contributed by atoms with Crippen molar-refractivity contribution in [1.82, 2.24) is 9.97 Å². The van der Waals surface area contributed by atoms with E-state index in [4.69, 9.17) is 9.98 Å². The van der Waals surface area contributed by atoms with Crippen molar-refractivity contribution in [2.45, 2.75) is 54.4 Å². The van der Waals surface area contributed by atoms with Crippen LogP contribution in [0, 0.1) is 34.6 Å². The molecule has 210 valence electrons. The monoisotopic (exact) mass is 550 g/mol. The average Bonchev–Trinajstić information content (AvgIpc) is 2.97. The zero-order chi connectivity index (χ0) is 29.8. The van der Waals surface area contributed by atoms with Crippen molar-refractivity contribution in [2.24, 2.45) is 9.98 Å². The van der Waals surface area contributed by atoms with Crippen molar-refractivity contribution < 1.29 is 0 Å². The molecule has 4 nitrogen and oxygen atoms in total. The smallest absolute Gasteiger partial charge is 0.0812 e. The predicted molar refractivity (Wildman–Crippen MR) is 178 cm³/mol. The van der Waals surface area contributed by atoms with E-state index in [9.17, 15) is 0 Å². The fourth-order valence-corrected chi connectivity index (χ4v) is 5.66. The van der Waals surface area contributed by atoms with Crippen molar-refractivity contribution >= 4 is 23.8 Å². The number of hydrogen-bond donors (Lipinski definition) is 0. The first kappa shape index (κ1) is 28.8. The standard InChI is InChI=1S/C38H38N4/c1-24(2)34-15-14-25(3)35(30-18-26(4)37(27(5)19-30)41-22-32-12-8-10-16-39-32)36(34)31-20-28(6)38(29(7)21-31)42-23-33-13-9-11-17-40-33/h8-24H,1-7H3. The van der Waals surface area contributed by atoms with Crippen LogP contribution in [0.4, 0.5) is 11.4 Å². The number of hydrogen-bond acceptors (Lipinski definition) is 4. The second-order valence-corrected chi connectivity index (χ2v) is 11.3. The van der Waals surface area contributed by atoms with Crippen LogP contribution in [0.15, 0.2) is 95.2 Å². The Morgan fingerprint density at radius 3 is 1.40 bits per heavy atom. The fourth-order valence-electron chi connectivity index (χ4n) is 5.66. The van der Waals surface area contributed by atoms with Crippen LogP contribution >= 0.6 is 0 Å². The molecule has 42 heavy (non-hydrogen) atoms. The van der Waals surface area contributed by atoms with Crippen molar-refractivity contribution in [3.8, 4) is 22.3 Å². The van der Waals surface area contributed by atoms with Crippen LogP contribution in [0.1, 0.15) is 64.5 Å². The van der Waals surface area contributed by atoms with Crippen LogP contribution in [-0.4, -0.2) is 22.4 Å². The van der Waals surface area contributed by atoms with Gasteiger partial charge in [0.15, 0.2) is 0 Å². The third-order valence-electron chi connectivity index (χ3n) is 7.65. The molecule has 0 spiro atoms. The Bertz CT molecular complexity index is 1740. The van der Waals surface area contributed by atoms with Gasteiger partial charge in [0.05, 0.1) is 35.2 Å². The summed E-state index contributed by atoms with van der Waals surface area (Å²) in [5, 5.41) is 0. The summed E-state index contributed by atoms with van der Waals surface area (Å²) in [5.74, 6) is 0.367. The highest BCUT2D eigenvalue weighted by atomic mass is 14.8. The molecular weight excluding hydrogens is 512 g/mol. The lowest BCUT2D eigenvalue weighted by Crippen LogP contribution is -2.00. The normalized spacial score (nSPS) is 11.7. The second kappa shape index (κ2) is 12.4. The minimum Gasteiger partial charge on any atom is -0.255 e. The Balaban J connectivity index is 1.63. The van der Waals surface area contributed by atoms with Crippen LogP contribution < -0.4 is 0 Å². The molecule has 4 heteroatoms. The number of benzene rings is 3. The minimum atomic E-state index is 0.367. The summed E-state index contributed by atoms with van der Waals surface area (Å²) in [6.07, 6.45) is 7.27. The van der Waals surface area contributed by atoms with Gasteiger partial charge < -0.3 is 0 Å². The van der Waals surface area contributed by atoms with Gasteiger partial charge in [-0.1, -0.05) is 38.1 Å². The largest absolute Gasteiger partial charge is 0.255 e. The molecule has 0 aliphatic rings. The van der Waals surface area contributed by atoms with E-state index in [1.54, 1.807) is 12.4 Å². The van der Waals surface area contributed by atoms with Gasteiger partial charge in [-0.25, -0.2) is 0 Å². The quantitative estimate of drug-likeness (QED) is 0.189. The van der Waals surface area contributed by atoms with Crippen LogP contribution in [0.25, 0.3) is 22.3 Å². The zero-order valence-corrected chi connectivity index (χ0v) is 25.6. The lowest BCUT2D eigenvalue weighted by molar-refractivity contribution is 0.868. The highest BCUT2D eigenvalue weighted by Crippen LogP contribution is 2.43. The topological polar surface area (TPSA) is 50.5 Å². The van der Waals surface area contributed by atoms with Crippen molar-refractivity contribution in [1.29, 1.82) is 0 Å². The number of aliphatic imine (C=N–C) groups is 2. The van der Waals surface area contributed by atoms with E-state index in [0.29, 0.717) is 5.92 Å². The lowest BCUT2D eigenvalue weighted by atomic mass is 9.82. The van der Waals surface area contributed by atoms with Gasteiger partial charge in [0.2, 0.25) is 0 Å². The molecule has 0 radical (unpaired) electrons. The predicted octanol–water partition coefficient (Wildman–Crippen LogP) is 9.98. The van der Waals surface area contributed by atoms with Gasteiger partial charge in [-0.3, -0.25) is 20.0 Å². The Hall–Kier alpha value is -4.70. The van der Waals surface area contributed by atoms with Crippen LogP contribution in [-0.2, 0) is 0 Å². The molecule has 0 saturated heterocycles. The van der Waals surface area contributed by atoms with Crippen molar-refractivity contribution in [3.05, 3.63) is 130 Å². The van der Waals surface area contributed by atoms with E-state index in [-0.39, 0.29) is 0 Å². The molecule has 0 unspecified atom stereocenters. The molecule has 3 aromatic carbocycles. The molecule has 0 saturated carbocycles. The summed E-state index contributed by atoms with van der Waals surface area (Å²) in [6.45, 7) is 15.3. The summed E-state index contributed by atoms with van der Waals surface area (Å²) in [6, 6.07) is 25.4. The maximum atomic E-state index is 4.83. The number of aryl methyl sites for hydroxylation is 5. The van der Waals surface area contributed by atoms with Gasteiger partial charge in [0.25, 0.3) is 0 Å². The fraction of sp³-hybridized carbons (Fsp3) is 0.211. The summed E-state index contributed by atoms with van der Waals surface area (Å²) in [5.41, 5.74) is 15.8. The van der Waals surface area contributed by atoms with E-state index in [1.807, 2.05) is 48.8 Å². The first-order valence-electron chi connectivity index (χ1n) is 14.5. The van der Waals surface area contributed by atoms with Crippen LogP contribution in [0.3, 0.4) is 0 Å². The lowest BCUT2D eigenvalue weighted by Gasteiger charge is -2.22. The molecule has 0 N–H and O–H groups in total. The molecule has 0 amide bonds. The Kier molecular flexibility index (Phi) is 8.53. The van der Waals surface area contributed by atoms with Crippen molar-refractivity contribution in [2.75, 3.05) is 0 Å². The number of rotatable bonds is 7. The maximum absolute atomic E-state index is 4.83. The molecule has 0 bridgehead atoms. The third kappa shape index (κ3) is 6.13. The first-order valence-corrected chi connectivity index (χ1v) is 14.5. The molecule has 5 aromatic rings. The Morgan fingerprint density at radius 2 is 1.00 bits per heavy atom. The molecule has 2 aromatic heterocycles. The summed E-state index contributed by atoms with van der Waals surface area (Å²) >= 11 is 0. The molecule has 0 fully saturated rings. The SMILES string of the molecule is Cc1cc(-c2c(C)ccc(C(C)C)c2-c2cc(C)c(N=Cc3ccccn3)c(C)c2)cc(C)c1N=Cc1ccccn1. The molecule has 2 heterocycles. The van der Waals surface area contributed by atoms with E-state index in [0.717, 1.165) is 45.0 Å². The maximum Gasteiger partial charge on any atom is 0.0812 e.